The van der Waals surface area contributed by atoms with Crippen LogP contribution in [-0.4, -0.2) is 17.6 Å². The quantitative estimate of drug-likeness (QED) is 0.846. The zero-order chi connectivity index (χ0) is 16.3. The number of aliphatic hydroxyl groups excluding tert-OH is 1. The molecule has 0 bridgehead atoms. The number of nitrogens with one attached hydrogen (secondary N) is 1. The van der Waals surface area contributed by atoms with Crippen molar-refractivity contribution in [2.24, 2.45) is 0 Å². The summed E-state index contributed by atoms with van der Waals surface area (Å²) in [5.74, 6) is -5.00. The molecule has 0 aliphatic rings. The van der Waals surface area contributed by atoms with Gasteiger partial charge in [0.2, 0.25) is 0 Å². The van der Waals surface area contributed by atoms with Crippen LogP contribution in [0.5, 0.6) is 0 Å². The molecule has 2 N–H and O–H groups in total. The maximum absolute atomic E-state index is 13.2. The molecule has 2 aromatic rings. The van der Waals surface area contributed by atoms with Gasteiger partial charge >= 0.3 is 0 Å². The molecule has 0 radical (unpaired) electrons. The van der Waals surface area contributed by atoms with Crippen molar-refractivity contribution in [3.8, 4) is 0 Å². The van der Waals surface area contributed by atoms with Gasteiger partial charge in [0.25, 0.3) is 5.91 Å². The molecule has 116 valence electrons. The highest BCUT2D eigenvalue weighted by Gasteiger charge is 2.19. The van der Waals surface area contributed by atoms with Crippen LogP contribution in [0.25, 0.3) is 0 Å². The Morgan fingerprint density at radius 1 is 1.18 bits per heavy atom. The van der Waals surface area contributed by atoms with E-state index in [1.165, 1.54) is 12.1 Å². The van der Waals surface area contributed by atoms with Crippen LogP contribution in [0.1, 0.15) is 22.0 Å². The van der Waals surface area contributed by atoms with Crippen LogP contribution in [0.2, 0.25) is 5.02 Å². The van der Waals surface area contributed by atoms with Gasteiger partial charge in [0, 0.05) is 10.6 Å². The first-order chi connectivity index (χ1) is 10.4. The monoisotopic (exact) mass is 329 g/mol. The number of rotatable bonds is 4. The molecule has 1 atom stereocenters. The van der Waals surface area contributed by atoms with E-state index in [4.69, 9.17) is 11.6 Å². The molecule has 0 saturated heterocycles. The summed E-state index contributed by atoms with van der Waals surface area (Å²) in [5, 5.41) is 12.0. The van der Waals surface area contributed by atoms with Gasteiger partial charge in [0.15, 0.2) is 17.5 Å². The Labute approximate surface area is 129 Å². The van der Waals surface area contributed by atoms with Gasteiger partial charge < -0.3 is 10.4 Å². The minimum Gasteiger partial charge on any atom is -0.394 e. The third-order valence-electron chi connectivity index (χ3n) is 2.98. The first-order valence-electron chi connectivity index (χ1n) is 6.24. The zero-order valence-corrected chi connectivity index (χ0v) is 11.9. The number of amides is 1. The number of carbonyl (C=O) groups is 1. The average molecular weight is 330 g/mol. The average Bonchev–Trinajstić information content (AvgIpc) is 2.49. The zero-order valence-electron chi connectivity index (χ0n) is 11.1. The van der Waals surface area contributed by atoms with E-state index >= 15 is 0 Å². The van der Waals surface area contributed by atoms with E-state index in [1.807, 2.05) is 0 Å². The maximum atomic E-state index is 13.2. The molecule has 0 saturated carbocycles. The van der Waals surface area contributed by atoms with Gasteiger partial charge in [-0.3, -0.25) is 4.79 Å². The smallest absolute Gasteiger partial charge is 0.251 e. The Bertz CT molecular complexity index is 686. The molecule has 2 aromatic carbocycles. The summed E-state index contributed by atoms with van der Waals surface area (Å²) in [6.07, 6.45) is 0. The van der Waals surface area contributed by atoms with Crippen LogP contribution < -0.4 is 5.32 Å². The Morgan fingerprint density at radius 3 is 2.36 bits per heavy atom. The first kappa shape index (κ1) is 16.3. The lowest BCUT2D eigenvalue weighted by Crippen LogP contribution is -2.31. The van der Waals surface area contributed by atoms with E-state index in [1.54, 1.807) is 12.1 Å². The van der Waals surface area contributed by atoms with Crippen molar-refractivity contribution < 1.29 is 23.1 Å². The number of aliphatic hydroxyl groups is 1. The molecule has 0 aromatic heterocycles. The molecule has 1 unspecified atom stereocenters. The molecule has 7 heteroatoms. The van der Waals surface area contributed by atoms with Gasteiger partial charge in [-0.1, -0.05) is 17.7 Å². The van der Waals surface area contributed by atoms with Crippen molar-refractivity contribution in [1.29, 1.82) is 0 Å². The second-order valence-electron chi connectivity index (χ2n) is 4.52. The highest BCUT2D eigenvalue weighted by atomic mass is 35.5. The second-order valence-corrected chi connectivity index (χ2v) is 4.95. The first-order valence-corrected chi connectivity index (χ1v) is 6.62. The van der Waals surface area contributed by atoms with Gasteiger partial charge in [0.05, 0.1) is 12.6 Å². The Kier molecular flexibility index (Phi) is 5.05. The van der Waals surface area contributed by atoms with Crippen molar-refractivity contribution in [3.63, 3.8) is 0 Å². The fourth-order valence-corrected chi connectivity index (χ4v) is 2.07. The van der Waals surface area contributed by atoms with Crippen LogP contribution in [0, 0.1) is 17.5 Å². The van der Waals surface area contributed by atoms with Gasteiger partial charge in [-0.05, 0) is 35.9 Å². The van der Waals surface area contributed by atoms with Crippen molar-refractivity contribution in [3.05, 3.63) is 70.0 Å². The number of hydrogen-bond donors (Lipinski definition) is 2. The minimum atomic E-state index is -1.61. The summed E-state index contributed by atoms with van der Waals surface area (Å²) in [6, 6.07) is 6.37. The normalized spacial score (nSPS) is 12.0. The molecular formula is C15H11ClF3NO2. The van der Waals surface area contributed by atoms with Crippen LogP contribution in [-0.2, 0) is 0 Å². The van der Waals surface area contributed by atoms with Gasteiger partial charge in [-0.2, -0.15) is 0 Å². The van der Waals surface area contributed by atoms with Crippen LogP contribution >= 0.6 is 11.6 Å². The van der Waals surface area contributed by atoms with Crippen LogP contribution in [0.3, 0.4) is 0 Å². The van der Waals surface area contributed by atoms with Crippen LogP contribution in [0.4, 0.5) is 13.2 Å². The predicted octanol–water partition coefficient (Wildman–Crippen LogP) is 3.22. The lowest BCUT2D eigenvalue weighted by Gasteiger charge is -2.17. The molecule has 0 fully saturated rings. The third kappa shape index (κ3) is 3.58. The molecule has 0 spiro atoms. The molecule has 0 heterocycles. The van der Waals surface area contributed by atoms with E-state index < -0.39 is 36.0 Å². The molecule has 0 aliphatic carbocycles. The summed E-state index contributed by atoms with van der Waals surface area (Å²) in [4.78, 5) is 12.0. The van der Waals surface area contributed by atoms with Crippen molar-refractivity contribution in [1.82, 2.24) is 5.32 Å². The summed E-state index contributed by atoms with van der Waals surface area (Å²) in [6.45, 7) is -0.614. The standard InChI is InChI=1S/C15H11ClF3NO2/c16-10-3-1-2-8(4-10)15(22)20-13(7-21)9-5-11(17)14(19)12(18)6-9/h1-6,13,21H,7H2,(H,20,22). The summed E-state index contributed by atoms with van der Waals surface area (Å²) >= 11 is 5.77. The maximum Gasteiger partial charge on any atom is 0.251 e. The lowest BCUT2D eigenvalue weighted by molar-refractivity contribution is 0.0916. The third-order valence-corrected chi connectivity index (χ3v) is 3.22. The summed E-state index contributed by atoms with van der Waals surface area (Å²) in [7, 11) is 0. The Morgan fingerprint density at radius 2 is 1.82 bits per heavy atom. The topological polar surface area (TPSA) is 49.3 Å². The second kappa shape index (κ2) is 6.81. The number of halogens is 4. The highest BCUT2D eigenvalue weighted by molar-refractivity contribution is 6.30. The van der Waals surface area contributed by atoms with E-state index in [-0.39, 0.29) is 11.1 Å². The minimum absolute atomic E-state index is 0.0886. The van der Waals surface area contributed by atoms with Crippen molar-refractivity contribution in [2.75, 3.05) is 6.61 Å². The molecule has 0 aliphatic heterocycles. The van der Waals surface area contributed by atoms with E-state index in [0.717, 1.165) is 12.1 Å². The highest BCUT2D eigenvalue weighted by Crippen LogP contribution is 2.20. The van der Waals surface area contributed by atoms with E-state index in [0.29, 0.717) is 5.02 Å². The number of carbonyl (C=O) groups excluding carboxylic acids is 1. The Hall–Kier alpha value is -2.05. The Balaban J connectivity index is 2.24. The fourth-order valence-electron chi connectivity index (χ4n) is 1.88. The predicted molar refractivity (Wildman–Crippen MR) is 75.1 cm³/mol. The molecule has 1 amide bonds. The molecule has 22 heavy (non-hydrogen) atoms. The molecule has 3 nitrogen and oxygen atoms in total. The van der Waals surface area contributed by atoms with Gasteiger partial charge in [-0.25, -0.2) is 13.2 Å². The van der Waals surface area contributed by atoms with Gasteiger partial charge in [-0.15, -0.1) is 0 Å². The number of hydrogen-bond acceptors (Lipinski definition) is 2. The summed E-state index contributed by atoms with van der Waals surface area (Å²) < 4.78 is 39.4. The number of benzene rings is 2. The van der Waals surface area contributed by atoms with Gasteiger partial charge in [0.1, 0.15) is 0 Å². The molecular weight excluding hydrogens is 319 g/mol. The van der Waals surface area contributed by atoms with Crippen molar-refractivity contribution in [2.45, 2.75) is 6.04 Å². The van der Waals surface area contributed by atoms with E-state index in [9.17, 15) is 23.1 Å². The largest absolute Gasteiger partial charge is 0.394 e. The lowest BCUT2D eigenvalue weighted by atomic mass is 10.1. The van der Waals surface area contributed by atoms with E-state index in [2.05, 4.69) is 5.32 Å². The fraction of sp³-hybridized carbons (Fsp3) is 0.133. The SMILES string of the molecule is O=C(NC(CO)c1cc(F)c(F)c(F)c1)c1cccc(Cl)c1. The summed E-state index contributed by atoms with van der Waals surface area (Å²) in [5.41, 5.74) is 0.128. The van der Waals surface area contributed by atoms with Crippen molar-refractivity contribution >= 4 is 17.5 Å². The molecule has 2 rings (SSSR count). The van der Waals surface area contributed by atoms with Crippen LogP contribution in [0.15, 0.2) is 36.4 Å².